The normalized spacial score (nSPS) is 15.0. The molecule has 0 spiro atoms. The number of amides is 1. The molecule has 1 aromatic heterocycles. The molecular weight excluding hydrogens is 305 g/mol. The van der Waals surface area contributed by atoms with E-state index in [1.807, 2.05) is 15.9 Å². The van der Waals surface area contributed by atoms with Gasteiger partial charge in [0, 0.05) is 50.5 Å². The summed E-state index contributed by atoms with van der Waals surface area (Å²) in [6.07, 6.45) is 0.510. The molecule has 0 aliphatic carbocycles. The monoisotopic (exact) mass is 329 g/mol. The molecule has 0 N–H and O–H groups in total. The molecule has 1 aromatic carbocycles. The summed E-state index contributed by atoms with van der Waals surface area (Å²) in [6.45, 7) is 7.49. The molecule has 1 fully saturated rings. The van der Waals surface area contributed by atoms with Crippen molar-refractivity contribution in [3.63, 3.8) is 0 Å². The Labute approximate surface area is 142 Å². The molecule has 1 amide bonds. The van der Waals surface area contributed by atoms with Crippen LogP contribution in [0.5, 0.6) is 0 Å². The zero-order chi connectivity index (χ0) is 17.1. The third-order valence-electron chi connectivity index (χ3n) is 4.79. The highest BCUT2D eigenvalue weighted by molar-refractivity contribution is 5.76. The SMILES string of the molecule is Cc1ccc(C)n1CCC(=O)N1CCN(c2ccccc2F)CC1. The van der Waals surface area contributed by atoms with Gasteiger partial charge in [0.2, 0.25) is 5.91 Å². The predicted octanol–water partition coefficient (Wildman–Crippen LogP) is 2.98. The Balaban J connectivity index is 1.53. The van der Waals surface area contributed by atoms with Crippen LogP contribution < -0.4 is 4.90 Å². The zero-order valence-electron chi connectivity index (χ0n) is 14.3. The van der Waals surface area contributed by atoms with Crippen molar-refractivity contribution in [3.05, 3.63) is 53.6 Å². The summed E-state index contributed by atoms with van der Waals surface area (Å²) in [7, 11) is 0. The third kappa shape index (κ3) is 3.45. The van der Waals surface area contributed by atoms with E-state index < -0.39 is 0 Å². The van der Waals surface area contributed by atoms with Crippen LogP contribution in [-0.2, 0) is 11.3 Å². The molecule has 3 rings (SSSR count). The molecule has 1 aliphatic heterocycles. The Morgan fingerprint density at radius 2 is 1.62 bits per heavy atom. The summed E-state index contributed by atoms with van der Waals surface area (Å²) in [5.41, 5.74) is 3.00. The van der Waals surface area contributed by atoms with Crippen molar-refractivity contribution in [1.82, 2.24) is 9.47 Å². The van der Waals surface area contributed by atoms with Gasteiger partial charge in [0.25, 0.3) is 0 Å². The van der Waals surface area contributed by atoms with Crippen LogP contribution in [0.1, 0.15) is 17.8 Å². The number of para-hydroxylation sites is 1. The summed E-state index contributed by atoms with van der Waals surface area (Å²) < 4.78 is 16.0. The molecule has 2 aromatic rings. The third-order valence-corrected chi connectivity index (χ3v) is 4.79. The number of aryl methyl sites for hydroxylation is 2. The molecule has 0 bridgehead atoms. The fourth-order valence-electron chi connectivity index (χ4n) is 3.32. The van der Waals surface area contributed by atoms with Gasteiger partial charge >= 0.3 is 0 Å². The van der Waals surface area contributed by atoms with Crippen LogP contribution >= 0.6 is 0 Å². The van der Waals surface area contributed by atoms with Crippen molar-refractivity contribution in [2.45, 2.75) is 26.8 Å². The molecule has 0 radical (unpaired) electrons. The molecular formula is C19H24FN3O. The summed E-state index contributed by atoms with van der Waals surface area (Å²) >= 11 is 0. The van der Waals surface area contributed by atoms with E-state index in [-0.39, 0.29) is 11.7 Å². The van der Waals surface area contributed by atoms with Gasteiger partial charge in [-0.1, -0.05) is 12.1 Å². The number of carbonyl (C=O) groups excluding carboxylic acids is 1. The average Bonchev–Trinajstić information content (AvgIpc) is 2.91. The number of benzene rings is 1. The summed E-state index contributed by atoms with van der Waals surface area (Å²) in [5, 5.41) is 0. The topological polar surface area (TPSA) is 28.5 Å². The van der Waals surface area contributed by atoms with Crippen LogP contribution in [0.15, 0.2) is 36.4 Å². The van der Waals surface area contributed by atoms with Crippen LogP contribution in [0.3, 0.4) is 0 Å². The number of nitrogens with zero attached hydrogens (tertiary/aromatic N) is 3. The number of rotatable bonds is 4. The van der Waals surface area contributed by atoms with Crippen molar-refractivity contribution < 1.29 is 9.18 Å². The first kappa shape index (κ1) is 16.6. The molecule has 1 saturated heterocycles. The van der Waals surface area contributed by atoms with E-state index in [4.69, 9.17) is 0 Å². The van der Waals surface area contributed by atoms with E-state index in [0.717, 1.165) is 6.54 Å². The number of hydrogen-bond acceptors (Lipinski definition) is 2. The van der Waals surface area contributed by atoms with Gasteiger partial charge in [0.1, 0.15) is 5.82 Å². The van der Waals surface area contributed by atoms with E-state index in [1.54, 1.807) is 12.1 Å². The van der Waals surface area contributed by atoms with E-state index in [9.17, 15) is 9.18 Å². The van der Waals surface area contributed by atoms with Gasteiger partial charge in [-0.25, -0.2) is 4.39 Å². The highest BCUT2D eigenvalue weighted by Crippen LogP contribution is 2.20. The lowest BCUT2D eigenvalue weighted by Gasteiger charge is -2.36. The maximum Gasteiger partial charge on any atom is 0.224 e. The van der Waals surface area contributed by atoms with Gasteiger partial charge in [-0.2, -0.15) is 0 Å². The fraction of sp³-hybridized carbons (Fsp3) is 0.421. The molecule has 24 heavy (non-hydrogen) atoms. The van der Waals surface area contributed by atoms with E-state index in [0.29, 0.717) is 38.3 Å². The highest BCUT2D eigenvalue weighted by atomic mass is 19.1. The van der Waals surface area contributed by atoms with Crippen LogP contribution in [0.4, 0.5) is 10.1 Å². The van der Waals surface area contributed by atoms with Crippen molar-refractivity contribution in [2.75, 3.05) is 31.1 Å². The molecule has 0 unspecified atom stereocenters. The second-order valence-electron chi connectivity index (χ2n) is 6.34. The molecule has 2 heterocycles. The van der Waals surface area contributed by atoms with Gasteiger partial charge in [0.05, 0.1) is 5.69 Å². The lowest BCUT2D eigenvalue weighted by Crippen LogP contribution is -2.49. The summed E-state index contributed by atoms with van der Waals surface area (Å²) in [5.74, 6) is -0.0217. The maximum atomic E-state index is 13.9. The Morgan fingerprint density at radius 1 is 1.00 bits per heavy atom. The van der Waals surface area contributed by atoms with Crippen LogP contribution in [0.25, 0.3) is 0 Å². The Morgan fingerprint density at radius 3 is 2.25 bits per heavy atom. The van der Waals surface area contributed by atoms with Crippen molar-refractivity contribution >= 4 is 11.6 Å². The quantitative estimate of drug-likeness (QED) is 0.863. The molecule has 4 nitrogen and oxygen atoms in total. The number of halogens is 1. The van der Waals surface area contributed by atoms with Crippen LogP contribution in [-0.4, -0.2) is 41.6 Å². The second kappa shape index (κ2) is 7.07. The van der Waals surface area contributed by atoms with Crippen molar-refractivity contribution in [1.29, 1.82) is 0 Å². The molecule has 0 saturated carbocycles. The number of aromatic nitrogens is 1. The first-order valence-electron chi connectivity index (χ1n) is 8.46. The fourth-order valence-corrected chi connectivity index (χ4v) is 3.32. The van der Waals surface area contributed by atoms with Gasteiger partial charge < -0.3 is 14.4 Å². The Hall–Kier alpha value is -2.30. The zero-order valence-corrected chi connectivity index (χ0v) is 14.3. The van der Waals surface area contributed by atoms with E-state index in [2.05, 4.69) is 30.5 Å². The minimum Gasteiger partial charge on any atom is -0.366 e. The number of anilines is 1. The lowest BCUT2D eigenvalue weighted by molar-refractivity contribution is -0.131. The van der Waals surface area contributed by atoms with Gasteiger partial charge in [0.15, 0.2) is 0 Å². The smallest absolute Gasteiger partial charge is 0.224 e. The minimum absolute atomic E-state index is 0.177. The summed E-state index contributed by atoms with van der Waals surface area (Å²) in [4.78, 5) is 16.4. The van der Waals surface area contributed by atoms with Gasteiger partial charge in [-0.05, 0) is 38.1 Å². The van der Waals surface area contributed by atoms with E-state index >= 15 is 0 Å². The lowest BCUT2D eigenvalue weighted by atomic mass is 10.2. The number of carbonyl (C=O) groups is 1. The largest absolute Gasteiger partial charge is 0.366 e. The second-order valence-corrected chi connectivity index (χ2v) is 6.34. The highest BCUT2D eigenvalue weighted by Gasteiger charge is 2.22. The predicted molar refractivity (Wildman–Crippen MR) is 93.7 cm³/mol. The number of hydrogen-bond donors (Lipinski definition) is 0. The average molecular weight is 329 g/mol. The molecule has 128 valence electrons. The Bertz CT molecular complexity index is 698. The van der Waals surface area contributed by atoms with Crippen molar-refractivity contribution in [2.24, 2.45) is 0 Å². The Kier molecular flexibility index (Phi) is 4.88. The van der Waals surface area contributed by atoms with E-state index in [1.165, 1.54) is 17.5 Å². The number of piperazine rings is 1. The van der Waals surface area contributed by atoms with Crippen molar-refractivity contribution in [3.8, 4) is 0 Å². The van der Waals surface area contributed by atoms with Crippen LogP contribution in [0, 0.1) is 19.7 Å². The van der Waals surface area contributed by atoms with Gasteiger partial charge in [-0.3, -0.25) is 4.79 Å². The van der Waals surface area contributed by atoms with Crippen LogP contribution in [0.2, 0.25) is 0 Å². The first-order valence-corrected chi connectivity index (χ1v) is 8.46. The first-order chi connectivity index (χ1) is 11.6. The molecule has 5 heteroatoms. The molecule has 1 aliphatic rings. The summed E-state index contributed by atoms with van der Waals surface area (Å²) in [6, 6.07) is 11.0. The maximum absolute atomic E-state index is 13.9. The molecule has 0 atom stereocenters. The van der Waals surface area contributed by atoms with Gasteiger partial charge in [-0.15, -0.1) is 0 Å². The standard InChI is InChI=1S/C19H24FN3O/c1-15-7-8-16(2)23(15)10-9-19(24)22-13-11-21(12-14-22)18-6-4-3-5-17(18)20/h3-8H,9-14H2,1-2H3. The minimum atomic E-state index is -0.198.